The third kappa shape index (κ3) is 5.22. The normalized spacial score (nSPS) is 11.4. The fraction of sp³-hybridized carbons (Fsp3) is 0.190. The number of benzene rings is 2. The van der Waals surface area contributed by atoms with Gasteiger partial charge in [0.05, 0.1) is 11.9 Å². The molecule has 0 aliphatic rings. The first kappa shape index (κ1) is 23.6. The van der Waals surface area contributed by atoms with Crippen LogP contribution in [0, 0.1) is 12.7 Å². The maximum Gasteiger partial charge on any atom is 0.573 e. The number of nitrogens with one attached hydrogen (secondary N) is 1. The number of fused-ring (bicyclic) bond motifs is 1. The van der Waals surface area contributed by atoms with Gasteiger partial charge in [-0.15, -0.1) is 13.2 Å². The van der Waals surface area contributed by atoms with Gasteiger partial charge in [-0.3, -0.25) is 19.0 Å². The predicted octanol–water partition coefficient (Wildman–Crippen LogP) is 3.12. The molecule has 8 nitrogen and oxygen atoms in total. The Hall–Kier alpha value is -4.09. The Bertz CT molecular complexity index is 1250. The fourth-order valence-corrected chi connectivity index (χ4v) is 3.30. The third-order valence-corrected chi connectivity index (χ3v) is 4.72. The number of halogens is 4. The molecular formula is C21H16F4N2O6. The number of rotatable bonds is 6. The monoisotopic (exact) mass is 468 g/mol. The van der Waals surface area contributed by atoms with Crippen molar-refractivity contribution in [3.63, 3.8) is 0 Å². The van der Waals surface area contributed by atoms with Gasteiger partial charge in [0, 0.05) is 22.7 Å². The van der Waals surface area contributed by atoms with E-state index in [2.05, 4.69) is 10.1 Å². The largest absolute Gasteiger partial charge is 0.573 e. The lowest BCUT2D eigenvalue weighted by Gasteiger charge is -2.11. The van der Waals surface area contributed by atoms with E-state index in [1.54, 1.807) is 0 Å². The Balaban J connectivity index is 2.04. The molecule has 1 heterocycles. The smallest absolute Gasteiger partial charge is 0.505 e. The molecule has 33 heavy (non-hydrogen) atoms. The summed E-state index contributed by atoms with van der Waals surface area (Å²) in [6, 6.07) is 5.97. The molecule has 2 aromatic carbocycles. The van der Waals surface area contributed by atoms with Gasteiger partial charge in [-0.05, 0) is 42.8 Å². The van der Waals surface area contributed by atoms with E-state index in [9.17, 15) is 37.1 Å². The molecular weight excluding hydrogens is 452 g/mol. The average molecular weight is 468 g/mol. The molecule has 1 aromatic heterocycles. The summed E-state index contributed by atoms with van der Waals surface area (Å²) >= 11 is 0. The number of hydrogen-bond donors (Lipinski definition) is 3. The molecule has 174 valence electrons. The molecule has 0 atom stereocenters. The number of aromatic nitrogens is 1. The number of hydrogen-bond acceptors (Lipinski definition) is 5. The van der Waals surface area contributed by atoms with Crippen LogP contribution in [0.2, 0.25) is 0 Å². The second-order valence-electron chi connectivity index (χ2n) is 6.94. The summed E-state index contributed by atoms with van der Waals surface area (Å²) < 4.78 is 56.0. The Kier molecular flexibility index (Phi) is 6.29. The van der Waals surface area contributed by atoms with E-state index in [0.717, 1.165) is 41.0 Å². The van der Waals surface area contributed by atoms with Gasteiger partial charge in [0.2, 0.25) is 5.91 Å². The van der Waals surface area contributed by atoms with Gasteiger partial charge >= 0.3 is 12.3 Å². The predicted molar refractivity (Wildman–Crippen MR) is 106 cm³/mol. The Labute approximate surface area is 183 Å². The van der Waals surface area contributed by atoms with E-state index in [1.165, 1.54) is 6.92 Å². The molecule has 0 aliphatic carbocycles. The molecule has 3 rings (SSSR count). The second-order valence-corrected chi connectivity index (χ2v) is 6.94. The van der Waals surface area contributed by atoms with Gasteiger partial charge in [-0.2, -0.15) is 0 Å². The van der Waals surface area contributed by atoms with E-state index in [0.29, 0.717) is 0 Å². The summed E-state index contributed by atoms with van der Waals surface area (Å²) in [7, 11) is 0. The van der Waals surface area contributed by atoms with Crippen LogP contribution in [0.25, 0.3) is 10.9 Å². The molecule has 0 saturated heterocycles. The van der Waals surface area contributed by atoms with E-state index in [-0.39, 0.29) is 34.1 Å². The Morgan fingerprint density at radius 1 is 1.12 bits per heavy atom. The van der Waals surface area contributed by atoms with Crippen molar-refractivity contribution < 1.29 is 46.9 Å². The van der Waals surface area contributed by atoms with Crippen molar-refractivity contribution in [1.29, 1.82) is 0 Å². The average Bonchev–Trinajstić information content (AvgIpc) is 2.96. The standard InChI is InChI=1S/C21H16F4N2O6/c1-10-13(7-18(29)26-9-19(30)31)14-6-17(28)15(22)8-16(14)27(10)20(32)11-2-4-12(5-3-11)33-21(23,24)25/h2-6,8,28H,7,9H2,1H3,(H,26,29)(H,30,31). The number of carboxylic acid groups (broad SMARTS) is 1. The van der Waals surface area contributed by atoms with Gasteiger partial charge in [0.1, 0.15) is 12.3 Å². The van der Waals surface area contributed by atoms with Crippen LogP contribution < -0.4 is 10.1 Å². The number of aromatic hydroxyl groups is 1. The minimum Gasteiger partial charge on any atom is -0.505 e. The number of alkyl halides is 3. The molecule has 0 bridgehead atoms. The first-order valence-corrected chi connectivity index (χ1v) is 9.28. The molecule has 0 unspecified atom stereocenters. The van der Waals surface area contributed by atoms with Crippen LogP contribution >= 0.6 is 0 Å². The maximum absolute atomic E-state index is 14.1. The Morgan fingerprint density at radius 2 is 1.76 bits per heavy atom. The number of carboxylic acids is 1. The first-order valence-electron chi connectivity index (χ1n) is 9.28. The van der Waals surface area contributed by atoms with E-state index < -0.39 is 48.0 Å². The number of amides is 1. The van der Waals surface area contributed by atoms with E-state index in [4.69, 9.17) is 5.11 Å². The van der Waals surface area contributed by atoms with Gasteiger partial charge in [-0.25, -0.2) is 4.39 Å². The van der Waals surface area contributed by atoms with Gasteiger partial charge in [0.25, 0.3) is 5.91 Å². The number of carbonyl (C=O) groups excluding carboxylic acids is 2. The summed E-state index contributed by atoms with van der Waals surface area (Å²) in [6.07, 6.45) is -5.28. The lowest BCUT2D eigenvalue weighted by atomic mass is 10.1. The van der Waals surface area contributed by atoms with Crippen LogP contribution in [-0.4, -0.2) is 45.5 Å². The Morgan fingerprint density at radius 3 is 2.33 bits per heavy atom. The van der Waals surface area contributed by atoms with Crippen LogP contribution in [0.1, 0.15) is 21.6 Å². The number of ether oxygens (including phenoxy) is 1. The zero-order valence-corrected chi connectivity index (χ0v) is 16.9. The van der Waals surface area contributed by atoms with Crippen LogP contribution in [0.15, 0.2) is 36.4 Å². The quantitative estimate of drug-likeness (QED) is 0.479. The SMILES string of the molecule is Cc1c(CC(=O)NCC(=O)O)c2cc(O)c(F)cc2n1C(=O)c1ccc(OC(F)(F)F)cc1. The number of phenols is 1. The summed E-state index contributed by atoms with van der Waals surface area (Å²) in [4.78, 5) is 35.9. The molecule has 0 radical (unpaired) electrons. The molecule has 0 spiro atoms. The van der Waals surface area contributed by atoms with Gasteiger partial charge in [0.15, 0.2) is 11.6 Å². The highest BCUT2D eigenvalue weighted by Crippen LogP contribution is 2.32. The van der Waals surface area contributed by atoms with Crippen molar-refractivity contribution in [1.82, 2.24) is 9.88 Å². The zero-order valence-electron chi connectivity index (χ0n) is 16.9. The van der Waals surface area contributed by atoms with Crippen molar-refractivity contribution in [3.05, 3.63) is 59.0 Å². The van der Waals surface area contributed by atoms with E-state index >= 15 is 0 Å². The van der Waals surface area contributed by atoms with Crippen LogP contribution in [0.3, 0.4) is 0 Å². The number of carbonyl (C=O) groups is 3. The van der Waals surface area contributed by atoms with Crippen molar-refractivity contribution >= 4 is 28.7 Å². The highest BCUT2D eigenvalue weighted by atomic mass is 19.4. The van der Waals surface area contributed by atoms with Crippen molar-refractivity contribution in [3.8, 4) is 11.5 Å². The summed E-state index contributed by atoms with van der Waals surface area (Å²) in [6.45, 7) is 0.815. The molecule has 3 N–H and O–H groups in total. The molecule has 1 amide bonds. The number of nitrogens with zero attached hydrogens (tertiary/aromatic N) is 1. The maximum atomic E-state index is 14.1. The summed E-state index contributed by atoms with van der Waals surface area (Å²) in [5.74, 6) is -5.00. The van der Waals surface area contributed by atoms with Gasteiger partial charge < -0.3 is 20.3 Å². The number of phenolic OH excluding ortho intramolecular Hbond substituents is 1. The van der Waals surface area contributed by atoms with Crippen LogP contribution in [0.5, 0.6) is 11.5 Å². The molecule has 0 fully saturated rings. The van der Waals surface area contributed by atoms with Crippen LogP contribution in [0.4, 0.5) is 17.6 Å². The highest BCUT2D eigenvalue weighted by Gasteiger charge is 2.31. The zero-order chi connectivity index (χ0) is 24.5. The number of aliphatic carboxylic acids is 1. The first-order chi connectivity index (χ1) is 15.4. The lowest BCUT2D eigenvalue weighted by Crippen LogP contribution is -2.30. The fourth-order valence-electron chi connectivity index (χ4n) is 3.30. The summed E-state index contributed by atoms with van der Waals surface area (Å²) in [5, 5.41) is 20.8. The van der Waals surface area contributed by atoms with Crippen molar-refractivity contribution in [2.75, 3.05) is 6.54 Å². The molecule has 3 aromatic rings. The minimum absolute atomic E-state index is 0.00412. The van der Waals surface area contributed by atoms with Crippen molar-refractivity contribution in [2.45, 2.75) is 19.7 Å². The molecule has 0 saturated carbocycles. The minimum atomic E-state index is -4.91. The second kappa shape index (κ2) is 8.81. The van der Waals surface area contributed by atoms with E-state index in [1.807, 2.05) is 0 Å². The van der Waals surface area contributed by atoms with Crippen LogP contribution in [-0.2, 0) is 16.0 Å². The molecule has 0 aliphatic heterocycles. The third-order valence-electron chi connectivity index (χ3n) is 4.72. The topological polar surface area (TPSA) is 118 Å². The van der Waals surface area contributed by atoms with Crippen molar-refractivity contribution in [2.24, 2.45) is 0 Å². The lowest BCUT2D eigenvalue weighted by molar-refractivity contribution is -0.274. The highest BCUT2D eigenvalue weighted by molar-refractivity contribution is 6.05. The summed E-state index contributed by atoms with van der Waals surface area (Å²) in [5.41, 5.74) is 0.374. The van der Waals surface area contributed by atoms with Gasteiger partial charge in [-0.1, -0.05) is 0 Å². The molecule has 12 heteroatoms.